The molecule has 0 radical (unpaired) electrons. The van der Waals surface area contributed by atoms with E-state index < -0.39 is 10.9 Å². The summed E-state index contributed by atoms with van der Waals surface area (Å²) >= 11 is 0. The van der Waals surface area contributed by atoms with Crippen molar-refractivity contribution in [2.75, 3.05) is 0 Å². The van der Waals surface area contributed by atoms with Gasteiger partial charge in [-0.15, -0.1) is 0 Å². The summed E-state index contributed by atoms with van der Waals surface area (Å²) in [7, 11) is 1.84. The standard InChI is InChI=1S/C17H15N3O4/c1-19-14-5-4-12(20(23)24)9-13(14)17(11-3-2-8-18-10-11)15(19)6-7-16(21)22/h2-5,8-10H,6-7H2,1H3,(H,21,22). The highest BCUT2D eigenvalue weighted by Crippen LogP contribution is 2.36. The first-order valence-corrected chi connectivity index (χ1v) is 7.37. The van der Waals surface area contributed by atoms with Crippen LogP contribution in [0.2, 0.25) is 0 Å². The molecule has 2 aromatic heterocycles. The number of carboxylic acids is 1. The van der Waals surface area contributed by atoms with Gasteiger partial charge in [0.2, 0.25) is 0 Å². The Morgan fingerprint density at radius 2 is 2.17 bits per heavy atom. The lowest BCUT2D eigenvalue weighted by Crippen LogP contribution is -2.03. The van der Waals surface area contributed by atoms with Gasteiger partial charge in [0, 0.05) is 59.3 Å². The third-order valence-corrected chi connectivity index (χ3v) is 4.04. The van der Waals surface area contributed by atoms with Crippen LogP contribution >= 0.6 is 0 Å². The van der Waals surface area contributed by atoms with E-state index in [0.717, 1.165) is 27.7 Å². The Hall–Kier alpha value is -3.22. The number of nitro benzene ring substituents is 1. The van der Waals surface area contributed by atoms with Gasteiger partial charge in [0.15, 0.2) is 0 Å². The maximum atomic E-state index is 11.1. The average molecular weight is 325 g/mol. The molecule has 0 aliphatic carbocycles. The van der Waals surface area contributed by atoms with Gasteiger partial charge in [0.05, 0.1) is 11.3 Å². The summed E-state index contributed by atoms with van der Waals surface area (Å²) in [5.41, 5.74) is 3.25. The molecule has 122 valence electrons. The number of nitrogens with zero attached hydrogens (tertiary/aromatic N) is 3. The van der Waals surface area contributed by atoms with E-state index in [0.29, 0.717) is 6.42 Å². The number of hydrogen-bond acceptors (Lipinski definition) is 4. The highest BCUT2D eigenvalue weighted by Gasteiger charge is 2.20. The number of pyridine rings is 1. The Labute approximate surface area is 137 Å². The van der Waals surface area contributed by atoms with Crippen LogP contribution in [-0.4, -0.2) is 25.6 Å². The Morgan fingerprint density at radius 1 is 1.38 bits per heavy atom. The predicted molar refractivity (Wildman–Crippen MR) is 88.8 cm³/mol. The minimum Gasteiger partial charge on any atom is -0.481 e. The lowest BCUT2D eigenvalue weighted by molar-refractivity contribution is -0.384. The second-order valence-electron chi connectivity index (χ2n) is 5.47. The van der Waals surface area contributed by atoms with E-state index in [-0.39, 0.29) is 12.1 Å². The molecule has 1 aromatic carbocycles. The van der Waals surface area contributed by atoms with Crippen LogP contribution < -0.4 is 0 Å². The van der Waals surface area contributed by atoms with Crippen molar-refractivity contribution in [1.29, 1.82) is 0 Å². The number of benzene rings is 1. The molecular weight excluding hydrogens is 310 g/mol. The van der Waals surface area contributed by atoms with Gasteiger partial charge >= 0.3 is 5.97 Å². The van der Waals surface area contributed by atoms with Crippen LogP contribution in [0, 0.1) is 10.1 Å². The summed E-state index contributed by atoms with van der Waals surface area (Å²) in [5, 5.41) is 20.8. The number of aryl methyl sites for hydroxylation is 1. The van der Waals surface area contributed by atoms with E-state index in [2.05, 4.69) is 4.98 Å². The quantitative estimate of drug-likeness (QED) is 0.574. The van der Waals surface area contributed by atoms with Crippen molar-refractivity contribution in [3.05, 3.63) is 58.5 Å². The molecule has 0 aliphatic heterocycles. The number of carboxylic acid groups (broad SMARTS) is 1. The van der Waals surface area contributed by atoms with E-state index in [4.69, 9.17) is 5.11 Å². The molecule has 7 heteroatoms. The van der Waals surface area contributed by atoms with Gasteiger partial charge in [-0.3, -0.25) is 19.9 Å². The molecule has 3 rings (SSSR count). The fourth-order valence-corrected chi connectivity index (χ4v) is 2.95. The first kappa shape index (κ1) is 15.7. The van der Waals surface area contributed by atoms with Crippen molar-refractivity contribution in [2.24, 2.45) is 7.05 Å². The van der Waals surface area contributed by atoms with E-state index in [1.165, 1.54) is 12.1 Å². The van der Waals surface area contributed by atoms with Gasteiger partial charge in [-0.1, -0.05) is 6.07 Å². The van der Waals surface area contributed by atoms with Crippen LogP contribution in [0.25, 0.3) is 22.0 Å². The third kappa shape index (κ3) is 2.71. The number of aromatic nitrogens is 2. The second-order valence-corrected chi connectivity index (χ2v) is 5.47. The Bertz CT molecular complexity index is 932. The van der Waals surface area contributed by atoms with Crippen molar-refractivity contribution >= 4 is 22.6 Å². The smallest absolute Gasteiger partial charge is 0.303 e. The van der Waals surface area contributed by atoms with Crippen LogP contribution in [0.5, 0.6) is 0 Å². The van der Waals surface area contributed by atoms with E-state index in [1.54, 1.807) is 24.5 Å². The molecule has 1 N–H and O–H groups in total. The first-order valence-electron chi connectivity index (χ1n) is 7.37. The highest BCUT2D eigenvalue weighted by molar-refractivity contribution is 5.99. The van der Waals surface area contributed by atoms with Crippen LogP contribution in [0.3, 0.4) is 0 Å². The normalized spacial score (nSPS) is 10.9. The number of aliphatic carboxylic acids is 1. The second kappa shape index (κ2) is 6.11. The predicted octanol–water partition coefficient (Wildman–Crippen LogP) is 3.17. The van der Waals surface area contributed by atoms with E-state index >= 15 is 0 Å². The van der Waals surface area contributed by atoms with Gasteiger partial charge in [0.1, 0.15) is 0 Å². The van der Waals surface area contributed by atoms with Gasteiger partial charge in [-0.05, 0) is 18.6 Å². The summed E-state index contributed by atoms with van der Waals surface area (Å²) in [6, 6.07) is 8.33. The zero-order chi connectivity index (χ0) is 17.3. The average Bonchev–Trinajstić information content (AvgIpc) is 2.85. The Balaban J connectivity index is 2.29. The summed E-state index contributed by atoms with van der Waals surface area (Å²) in [5.74, 6) is -0.886. The molecular formula is C17H15N3O4. The van der Waals surface area contributed by atoms with Crippen LogP contribution in [0.1, 0.15) is 12.1 Å². The summed E-state index contributed by atoms with van der Waals surface area (Å²) in [6.07, 6.45) is 3.64. The van der Waals surface area contributed by atoms with Gasteiger partial charge in [-0.2, -0.15) is 0 Å². The van der Waals surface area contributed by atoms with Crippen molar-refractivity contribution in [3.8, 4) is 11.1 Å². The van der Waals surface area contributed by atoms with Crippen molar-refractivity contribution in [1.82, 2.24) is 9.55 Å². The zero-order valence-corrected chi connectivity index (χ0v) is 13.0. The fourth-order valence-electron chi connectivity index (χ4n) is 2.95. The largest absolute Gasteiger partial charge is 0.481 e. The zero-order valence-electron chi connectivity index (χ0n) is 13.0. The number of hydrogen-bond donors (Lipinski definition) is 1. The SMILES string of the molecule is Cn1c(CCC(=O)O)c(-c2cccnc2)c2cc([N+](=O)[O-])ccc21. The van der Waals surface area contributed by atoms with Crippen molar-refractivity contribution in [2.45, 2.75) is 12.8 Å². The van der Waals surface area contributed by atoms with Gasteiger partial charge < -0.3 is 9.67 Å². The summed E-state index contributed by atoms with van der Waals surface area (Å²) < 4.78 is 1.89. The molecule has 0 bridgehead atoms. The summed E-state index contributed by atoms with van der Waals surface area (Å²) in [6.45, 7) is 0. The molecule has 0 saturated carbocycles. The maximum Gasteiger partial charge on any atom is 0.303 e. The number of non-ortho nitro benzene ring substituents is 1. The first-order chi connectivity index (χ1) is 11.5. The number of carbonyl (C=O) groups is 1. The molecule has 3 aromatic rings. The molecule has 0 saturated heterocycles. The van der Waals surface area contributed by atoms with Crippen LogP contribution in [0.4, 0.5) is 5.69 Å². The maximum absolute atomic E-state index is 11.1. The van der Waals surface area contributed by atoms with Crippen molar-refractivity contribution < 1.29 is 14.8 Å². The lowest BCUT2D eigenvalue weighted by atomic mass is 10.0. The molecule has 0 atom stereocenters. The molecule has 0 spiro atoms. The Kier molecular flexibility index (Phi) is 3.99. The minimum absolute atomic E-state index is 0.00280. The van der Waals surface area contributed by atoms with E-state index in [9.17, 15) is 14.9 Å². The van der Waals surface area contributed by atoms with Gasteiger partial charge in [-0.25, -0.2) is 0 Å². The molecule has 0 aliphatic rings. The van der Waals surface area contributed by atoms with Crippen LogP contribution in [-0.2, 0) is 18.3 Å². The molecule has 2 heterocycles. The molecule has 7 nitrogen and oxygen atoms in total. The topological polar surface area (TPSA) is 98.3 Å². The lowest BCUT2D eigenvalue weighted by Gasteiger charge is -2.07. The Morgan fingerprint density at radius 3 is 2.79 bits per heavy atom. The third-order valence-electron chi connectivity index (χ3n) is 4.04. The number of fused-ring (bicyclic) bond motifs is 1. The molecule has 0 fully saturated rings. The van der Waals surface area contributed by atoms with Gasteiger partial charge in [0.25, 0.3) is 5.69 Å². The fraction of sp³-hybridized carbons (Fsp3) is 0.176. The van der Waals surface area contributed by atoms with Crippen LogP contribution in [0.15, 0.2) is 42.7 Å². The molecule has 0 amide bonds. The highest BCUT2D eigenvalue weighted by atomic mass is 16.6. The molecule has 0 unspecified atom stereocenters. The molecule has 24 heavy (non-hydrogen) atoms. The minimum atomic E-state index is -0.886. The monoisotopic (exact) mass is 325 g/mol. The van der Waals surface area contributed by atoms with E-state index in [1.807, 2.05) is 17.7 Å². The van der Waals surface area contributed by atoms with Crippen molar-refractivity contribution in [3.63, 3.8) is 0 Å². The number of rotatable bonds is 5. The number of nitro groups is 1. The summed E-state index contributed by atoms with van der Waals surface area (Å²) in [4.78, 5) is 25.8.